The van der Waals surface area contributed by atoms with Crippen molar-refractivity contribution in [2.24, 2.45) is 0 Å². The number of fused-ring (bicyclic) bond motifs is 1. The molecule has 3 aromatic carbocycles. The third-order valence-corrected chi connectivity index (χ3v) is 7.20. The molecule has 1 aromatic heterocycles. The molecule has 0 atom stereocenters. The molecule has 0 unspecified atom stereocenters. The normalized spacial score (nSPS) is 11.5. The lowest BCUT2D eigenvalue weighted by atomic mass is 10.2. The van der Waals surface area contributed by atoms with E-state index in [0.717, 1.165) is 0 Å². The number of nitrogens with zero attached hydrogens (tertiary/aromatic N) is 1. The quantitative estimate of drug-likeness (QED) is 0.396. The maximum absolute atomic E-state index is 14.2. The molecular formula is C24H20ClFN2O4S. The second-order valence-corrected chi connectivity index (χ2v) is 9.71. The monoisotopic (exact) mass is 486 g/mol. The van der Waals surface area contributed by atoms with E-state index in [1.165, 1.54) is 31.5 Å². The predicted octanol–water partition coefficient (Wildman–Crippen LogP) is 5.06. The number of rotatable bonds is 7. The largest absolute Gasteiger partial charge is 0.495 e. The van der Waals surface area contributed by atoms with Crippen LogP contribution in [0.25, 0.3) is 10.9 Å². The number of hydrogen-bond donors (Lipinski definition) is 1. The summed E-state index contributed by atoms with van der Waals surface area (Å²) in [5, 5.41) is 3.26. The number of anilines is 1. The standard InChI is InChI=1S/C24H20ClFN2O4S/c1-32-22-12-5-3-10-20(22)27-24(29)14-28-13-23(16-7-2-4-11-21(16)28)33(30,31)15-17-18(25)8-6-9-19(17)26/h2-13H,14-15H2,1H3,(H,27,29). The van der Waals surface area contributed by atoms with Gasteiger partial charge in [0.05, 0.1) is 23.4 Å². The first-order valence-corrected chi connectivity index (χ1v) is 12.0. The van der Waals surface area contributed by atoms with Crippen molar-refractivity contribution in [3.8, 4) is 5.75 Å². The zero-order valence-corrected chi connectivity index (χ0v) is 19.2. The number of sulfone groups is 1. The summed E-state index contributed by atoms with van der Waals surface area (Å²) in [6, 6.07) is 17.8. The Kier molecular flexibility index (Phi) is 6.40. The third kappa shape index (κ3) is 4.72. The Labute approximate surface area is 195 Å². The molecule has 0 fully saturated rings. The van der Waals surface area contributed by atoms with Gasteiger partial charge in [0.15, 0.2) is 9.84 Å². The Hall–Kier alpha value is -3.36. The van der Waals surface area contributed by atoms with Gasteiger partial charge in [-0.15, -0.1) is 0 Å². The van der Waals surface area contributed by atoms with Gasteiger partial charge in [0, 0.05) is 27.7 Å². The number of carbonyl (C=O) groups is 1. The van der Waals surface area contributed by atoms with Gasteiger partial charge in [-0.3, -0.25) is 4.79 Å². The van der Waals surface area contributed by atoms with E-state index < -0.39 is 21.4 Å². The molecule has 0 radical (unpaired) electrons. The van der Waals surface area contributed by atoms with Crippen LogP contribution in [-0.4, -0.2) is 26.0 Å². The summed E-state index contributed by atoms with van der Waals surface area (Å²) in [5.74, 6) is -1.14. The Balaban J connectivity index is 1.67. The zero-order chi connectivity index (χ0) is 23.6. The van der Waals surface area contributed by atoms with Crippen LogP contribution in [-0.2, 0) is 26.9 Å². The highest BCUT2D eigenvalue weighted by Gasteiger charge is 2.25. The molecule has 1 heterocycles. The van der Waals surface area contributed by atoms with Gasteiger partial charge >= 0.3 is 0 Å². The van der Waals surface area contributed by atoms with Gasteiger partial charge in [0.2, 0.25) is 5.91 Å². The van der Waals surface area contributed by atoms with E-state index in [1.807, 2.05) is 0 Å². The molecule has 4 rings (SSSR count). The molecule has 0 spiro atoms. The topological polar surface area (TPSA) is 77.4 Å². The molecule has 0 aliphatic heterocycles. The fourth-order valence-electron chi connectivity index (χ4n) is 3.62. The Morgan fingerprint density at radius 3 is 2.55 bits per heavy atom. The van der Waals surface area contributed by atoms with Crippen molar-refractivity contribution in [2.45, 2.75) is 17.2 Å². The SMILES string of the molecule is COc1ccccc1NC(=O)Cn1cc(S(=O)(=O)Cc2c(F)cccc2Cl)c2ccccc21. The molecule has 0 bridgehead atoms. The fourth-order valence-corrected chi connectivity index (χ4v) is 5.56. The van der Waals surface area contributed by atoms with E-state index in [-0.39, 0.29) is 27.9 Å². The summed E-state index contributed by atoms with van der Waals surface area (Å²) in [5.41, 5.74) is 0.972. The molecule has 6 nitrogen and oxygen atoms in total. The third-order valence-electron chi connectivity index (χ3n) is 5.18. The van der Waals surface area contributed by atoms with Crippen LogP contribution in [0, 0.1) is 5.82 Å². The van der Waals surface area contributed by atoms with E-state index in [1.54, 1.807) is 53.1 Å². The van der Waals surface area contributed by atoms with Crippen molar-refractivity contribution < 1.29 is 22.3 Å². The number of halogens is 2. The summed E-state index contributed by atoms with van der Waals surface area (Å²) in [4.78, 5) is 12.7. The average molecular weight is 487 g/mol. The minimum absolute atomic E-state index is 0.00233. The first-order valence-electron chi connectivity index (χ1n) is 9.96. The molecule has 0 aliphatic rings. The number of hydrogen-bond acceptors (Lipinski definition) is 4. The molecule has 0 saturated carbocycles. The number of para-hydroxylation sites is 3. The van der Waals surface area contributed by atoms with Crippen LogP contribution >= 0.6 is 11.6 Å². The summed E-state index contributed by atoms with van der Waals surface area (Å²) in [6.07, 6.45) is 1.40. The fraction of sp³-hybridized carbons (Fsp3) is 0.125. The van der Waals surface area contributed by atoms with Crippen molar-refractivity contribution in [3.63, 3.8) is 0 Å². The summed E-state index contributed by atoms with van der Waals surface area (Å²) in [6.45, 7) is -0.130. The second-order valence-electron chi connectivity index (χ2n) is 7.35. The molecule has 0 saturated heterocycles. The minimum Gasteiger partial charge on any atom is -0.495 e. The maximum Gasteiger partial charge on any atom is 0.244 e. The number of ether oxygens (including phenoxy) is 1. The molecule has 33 heavy (non-hydrogen) atoms. The van der Waals surface area contributed by atoms with Gasteiger partial charge in [0.1, 0.15) is 18.1 Å². The van der Waals surface area contributed by atoms with E-state index in [0.29, 0.717) is 22.3 Å². The van der Waals surface area contributed by atoms with E-state index in [2.05, 4.69) is 5.32 Å². The van der Waals surface area contributed by atoms with Gasteiger partial charge in [-0.1, -0.05) is 48.0 Å². The summed E-state index contributed by atoms with van der Waals surface area (Å²) >= 11 is 6.04. The van der Waals surface area contributed by atoms with Crippen molar-refractivity contribution in [1.29, 1.82) is 0 Å². The van der Waals surface area contributed by atoms with Crippen LogP contribution in [0.15, 0.2) is 77.8 Å². The number of amides is 1. The van der Waals surface area contributed by atoms with Gasteiger partial charge < -0.3 is 14.6 Å². The highest BCUT2D eigenvalue weighted by molar-refractivity contribution is 7.90. The Morgan fingerprint density at radius 2 is 1.79 bits per heavy atom. The summed E-state index contributed by atoms with van der Waals surface area (Å²) < 4.78 is 47.5. The molecule has 170 valence electrons. The highest BCUT2D eigenvalue weighted by atomic mass is 35.5. The minimum atomic E-state index is -3.97. The Bertz CT molecular complexity index is 1430. The molecular weight excluding hydrogens is 467 g/mol. The van der Waals surface area contributed by atoms with Crippen LogP contribution < -0.4 is 10.1 Å². The van der Waals surface area contributed by atoms with E-state index >= 15 is 0 Å². The summed E-state index contributed by atoms with van der Waals surface area (Å²) in [7, 11) is -2.46. The number of methoxy groups -OCH3 is 1. The van der Waals surface area contributed by atoms with E-state index in [4.69, 9.17) is 16.3 Å². The second kappa shape index (κ2) is 9.25. The molecule has 4 aromatic rings. The Morgan fingerprint density at radius 1 is 1.06 bits per heavy atom. The average Bonchev–Trinajstić information content (AvgIpc) is 3.16. The lowest BCUT2D eigenvalue weighted by Gasteiger charge is -2.10. The van der Waals surface area contributed by atoms with Crippen LogP contribution in [0.1, 0.15) is 5.56 Å². The smallest absolute Gasteiger partial charge is 0.244 e. The van der Waals surface area contributed by atoms with Crippen molar-refractivity contribution in [3.05, 3.63) is 89.3 Å². The molecule has 0 aliphatic carbocycles. The van der Waals surface area contributed by atoms with Gasteiger partial charge in [-0.25, -0.2) is 12.8 Å². The zero-order valence-electron chi connectivity index (χ0n) is 17.6. The predicted molar refractivity (Wildman–Crippen MR) is 126 cm³/mol. The maximum atomic E-state index is 14.2. The van der Waals surface area contributed by atoms with Gasteiger partial charge in [-0.2, -0.15) is 0 Å². The van der Waals surface area contributed by atoms with Gasteiger partial charge in [0.25, 0.3) is 0 Å². The van der Waals surface area contributed by atoms with Crippen LogP contribution in [0.4, 0.5) is 10.1 Å². The lowest BCUT2D eigenvalue weighted by Crippen LogP contribution is -2.18. The van der Waals surface area contributed by atoms with E-state index in [9.17, 15) is 17.6 Å². The highest BCUT2D eigenvalue weighted by Crippen LogP contribution is 2.31. The van der Waals surface area contributed by atoms with Crippen LogP contribution in [0.2, 0.25) is 5.02 Å². The number of carbonyl (C=O) groups excluding carboxylic acids is 1. The van der Waals surface area contributed by atoms with Crippen molar-refractivity contribution >= 4 is 43.9 Å². The lowest BCUT2D eigenvalue weighted by molar-refractivity contribution is -0.116. The molecule has 1 amide bonds. The van der Waals surface area contributed by atoms with Crippen molar-refractivity contribution in [1.82, 2.24) is 4.57 Å². The first-order chi connectivity index (χ1) is 15.8. The van der Waals surface area contributed by atoms with Gasteiger partial charge in [-0.05, 0) is 30.3 Å². The molecule has 9 heteroatoms. The van der Waals surface area contributed by atoms with Crippen LogP contribution in [0.3, 0.4) is 0 Å². The first kappa shape index (κ1) is 22.8. The number of benzene rings is 3. The van der Waals surface area contributed by atoms with Crippen LogP contribution in [0.5, 0.6) is 5.75 Å². The number of aromatic nitrogens is 1. The number of nitrogens with one attached hydrogen (secondary N) is 1. The molecule has 1 N–H and O–H groups in total. The van der Waals surface area contributed by atoms with Crippen molar-refractivity contribution in [2.75, 3.05) is 12.4 Å².